The highest BCUT2D eigenvalue weighted by Crippen LogP contribution is 2.08. The van der Waals surface area contributed by atoms with Gasteiger partial charge in [-0.25, -0.2) is 9.59 Å². The van der Waals surface area contributed by atoms with Crippen molar-refractivity contribution in [2.45, 2.75) is 6.42 Å². The van der Waals surface area contributed by atoms with Crippen molar-refractivity contribution in [2.24, 2.45) is 0 Å². The first-order chi connectivity index (χ1) is 15.8. The van der Waals surface area contributed by atoms with Gasteiger partial charge in [0.1, 0.15) is 29.7 Å². The lowest BCUT2D eigenvalue weighted by Gasteiger charge is -2.13. The highest BCUT2D eigenvalue weighted by molar-refractivity contribution is 6.31. The number of hydrogen-bond acceptors (Lipinski definition) is 7. The molecule has 33 heavy (non-hydrogen) atoms. The molecule has 0 atom stereocenters. The van der Waals surface area contributed by atoms with E-state index in [0.717, 1.165) is 11.8 Å². The van der Waals surface area contributed by atoms with Crippen LogP contribution in [0.15, 0.2) is 65.8 Å². The Hall–Kier alpha value is -5.02. The van der Waals surface area contributed by atoms with Crippen molar-refractivity contribution in [1.29, 1.82) is 0 Å². The zero-order valence-corrected chi connectivity index (χ0v) is 16.9. The average Bonchev–Trinajstić information content (AvgIpc) is 2.77. The van der Waals surface area contributed by atoms with Gasteiger partial charge in [-0.05, 0) is 11.6 Å². The van der Waals surface area contributed by atoms with E-state index in [1.54, 1.807) is 48.6 Å². The van der Waals surface area contributed by atoms with Crippen molar-refractivity contribution in [3.05, 3.63) is 77.4 Å². The van der Waals surface area contributed by atoms with Gasteiger partial charge in [0.05, 0.1) is 6.08 Å². The first-order valence-electron chi connectivity index (χ1n) is 9.27. The van der Waals surface area contributed by atoms with Gasteiger partial charge in [0, 0.05) is 12.2 Å². The maximum Gasteiger partial charge on any atom is 0.328 e. The monoisotopic (exact) mass is 449 g/mol. The predicted molar refractivity (Wildman–Crippen MR) is 113 cm³/mol. The zero-order valence-electron chi connectivity index (χ0n) is 16.9. The number of hydrogen-bond donors (Lipinski definition) is 4. The summed E-state index contributed by atoms with van der Waals surface area (Å²) in [6, 6.07) is 7.38. The highest BCUT2D eigenvalue weighted by atomic mass is 16.2. The van der Waals surface area contributed by atoms with E-state index in [1.165, 1.54) is 6.08 Å². The summed E-state index contributed by atoms with van der Waals surface area (Å²) in [6.07, 6.45) is 11.7. The van der Waals surface area contributed by atoms with Gasteiger partial charge in [0.15, 0.2) is 0 Å². The minimum absolute atomic E-state index is 0.0780. The predicted octanol–water partition coefficient (Wildman–Crippen LogP) is 0.219. The number of aldehydes is 1. The van der Waals surface area contributed by atoms with E-state index in [1.807, 2.05) is 27.3 Å². The van der Waals surface area contributed by atoms with Crippen molar-refractivity contribution in [2.75, 3.05) is 0 Å². The van der Waals surface area contributed by atoms with Crippen molar-refractivity contribution in [3.63, 3.8) is 0 Å². The molecule has 3 aliphatic rings. The van der Waals surface area contributed by atoms with E-state index in [2.05, 4.69) is 6.08 Å². The van der Waals surface area contributed by atoms with Gasteiger partial charge < -0.3 is 0 Å². The van der Waals surface area contributed by atoms with Gasteiger partial charge in [0.25, 0.3) is 11.8 Å². The summed E-state index contributed by atoms with van der Waals surface area (Å²) in [5, 5.41) is 7.80. The Bertz CT molecular complexity index is 1050. The largest absolute Gasteiger partial charge is 0.328 e. The molecule has 166 valence electrons. The molecule has 0 radical (unpaired) electrons. The minimum atomic E-state index is -0.791. The van der Waals surface area contributed by atoms with E-state index in [4.69, 9.17) is 0 Å². The normalized spacial score (nSPS) is 16.2. The quantitative estimate of drug-likeness (QED) is 0.165. The van der Waals surface area contributed by atoms with E-state index in [0.29, 0.717) is 5.57 Å². The van der Waals surface area contributed by atoms with E-state index in [9.17, 15) is 33.6 Å². The molecule has 11 heteroatoms. The van der Waals surface area contributed by atoms with E-state index >= 15 is 0 Å². The molecule has 0 aromatic heterocycles. The Balaban J connectivity index is 0.000000192. The molecule has 4 N–H and O–H groups in total. The number of rotatable bonds is 2. The summed E-state index contributed by atoms with van der Waals surface area (Å²) in [5.41, 5.74) is 1.32. The van der Waals surface area contributed by atoms with Crippen LogP contribution in [0, 0.1) is 6.08 Å². The number of allylic oxidation sites excluding steroid dienone is 6. The average molecular weight is 449 g/mol. The topological polar surface area (TPSA) is 168 Å². The van der Waals surface area contributed by atoms with Crippen molar-refractivity contribution in [3.8, 4) is 0 Å². The van der Waals surface area contributed by atoms with Gasteiger partial charge >= 0.3 is 12.1 Å². The smallest absolute Gasteiger partial charge is 0.282 e. The number of urea groups is 2. The number of benzene rings is 1. The van der Waals surface area contributed by atoms with Crippen LogP contribution < -0.4 is 21.3 Å². The summed E-state index contributed by atoms with van der Waals surface area (Å²) in [5.74, 6) is -2.47. The van der Waals surface area contributed by atoms with Gasteiger partial charge in [0.2, 0.25) is 18.1 Å². The van der Waals surface area contributed by atoms with Crippen LogP contribution in [0.2, 0.25) is 0 Å². The van der Waals surface area contributed by atoms with Crippen molar-refractivity contribution >= 4 is 48.1 Å². The molecule has 0 bridgehead atoms. The van der Waals surface area contributed by atoms with Crippen LogP contribution in [0.3, 0.4) is 0 Å². The molecular formula is C22H17N4O7+. The lowest BCUT2D eigenvalue weighted by Crippen LogP contribution is -2.51. The van der Waals surface area contributed by atoms with Gasteiger partial charge in [-0.2, -0.15) is 0 Å². The number of carbonyl (C=O) groups excluding carboxylic acids is 7. The summed E-state index contributed by atoms with van der Waals surface area (Å²) < 4.78 is 0. The second-order valence-corrected chi connectivity index (χ2v) is 6.26. The first-order valence-corrected chi connectivity index (χ1v) is 9.27. The van der Waals surface area contributed by atoms with Crippen LogP contribution in [0.4, 0.5) is 9.59 Å². The van der Waals surface area contributed by atoms with E-state index < -0.39 is 35.7 Å². The second kappa shape index (κ2) is 12.0. The van der Waals surface area contributed by atoms with Crippen molar-refractivity contribution in [1.82, 2.24) is 21.3 Å². The standard InChI is InChI=1S/C11H8N2O3.C7H5O.C4H4N2O3/c14-9-8(10(15)13-11(16)12-9)6-7-4-2-1-3-5-7;8-6-7-4-2-1-3-5-7;7-2-1-3(8)6-4(9)5-2/h1-6H,(H2,12,13,14,15,16);1-2,4-6H;1H2,(H2,5,6,7,8,9)/q;+1;. The highest BCUT2D eigenvalue weighted by Gasteiger charge is 2.27. The number of imide groups is 4. The molecule has 4 rings (SSSR count). The second-order valence-electron chi connectivity index (χ2n) is 6.26. The van der Waals surface area contributed by atoms with Crippen LogP contribution in [-0.4, -0.2) is 42.0 Å². The number of amides is 8. The molecule has 2 aliphatic heterocycles. The summed E-state index contributed by atoms with van der Waals surface area (Å²) in [6.45, 7) is 0. The molecule has 1 aliphatic carbocycles. The van der Waals surface area contributed by atoms with Gasteiger partial charge in [-0.3, -0.25) is 45.2 Å². The Morgan fingerprint density at radius 1 is 0.788 bits per heavy atom. The maximum absolute atomic E-state index is 11.4. The van der Waals surface area contributed by atoms with Crippen LogP contribution in [0.5, 0.6) is 0 Å². The Morgan fingerprint density at radius 3 is 1.82 bits per heavy atom. The van der Waals surface area contributed by atoms with Gasteiger partial charge in [-0.15, -0.1) is 0 Å². The third-order valence-corrected chi connectivity index (χ3v) is 3.75. The summed E-state index contributed by atoms with van der Waals surface area (Å²) in [4.78, 5) is 74.3. The van der Waals surface area contributed by atoms with Crippen molar-refractivity contribution < 1.29 is 33.6 Å². The molecule has 0 spiro atoms. The van der Waals surface area contributed by atoms with Crippen LogP contribution in [-0.2, 0) is 24.0 Å². The number of barbiturate groups is 2. The summed E-state index contributed by atoms with van der Waals surface area (Å²) in [7, 11) is 0. The van der Waals surface area contributed by atoms with Crippen LogP contribution in [0.25, 0.3) is 6.08 Å². The van der Waals surface area contributed by atoms with E-state index in [-0.39, 0.29) is 12.0 Å². The maximum atomic E-state index is 11.4. The Labute approximate surface area is 187 Å². The van der Waals surface area contributed by atoms with Gasteiger partial charge in [-0.1, -0.05) is 30.3 Å². The first kappa shape index (κ1) is 24.3. The molecule has 2 saturated heterocycles. The molecule has 2 heterocycles. The van der Waals surface area contributed by atoms with Crippen LogP contribution in [0.1, 0.15) is 12.0 Å². The Morgan fingerprint density at radius 2 is 1.36 bits per heavy atom. The lowest BCUT2D eigenvalue weighted by molar-refractivity contribution is -0.130. The third kappa shape index (κ3) is 8.32. The SMILES string of the molecule is O=C1CC(=O)NC(=O)N1.O=C1NC(=O)C(=Cc2ccccc2)C(=O)N1.O=CC1=CC=C[C+]=C1. The molecular weight excluding hydrogens is 432 g/mol. The minimum Gasteiger partial charge on any atom is -0.282 e. The molecule has 0 saturated carbocycles. The molecule has 8 amide bonds. The Kier molecular flexibility index (Phi) is 8.81. The molecule has 1 aromatic carbocycles. The fourth-order valence-electron chi connectivity index (χ4n) is 2.32. The summed E-state index contributed by atoms with van der Waals surface area (Å²) >= 11 is 0. The zero-order chi connectivity index (χ0) is 24.2. The number of nitrogens with one attached hydrogen (secondary N) is 4. The third-order valence-electron chi connectivity index (χ3n) is 3.75. The molecule has 1 aromatic rings. The molecule has 11 nitrogen and oxygen atoms in total. The molecule has 0 unspecified atom stereocenters. The number of carbonyl (C=O) groups is 7. The fourth-order valence-corrected chi connectivity index (χ4v) is 2.32. The lowest BCUT2D eigenvalue weighted by atomic mass is 10.1. The molecule has 2 fully saturated rings. The fraction of sp³-hybridized carbons (Fsp3) is 0.0455. The van der Waals surface area contributed by atoms with Crippen LogP contribution >= 0.6 is 0 Å².